The smallest absolute Gasteiger partial charge is 0.258 e. The monoisotopic (exact) mass is 378 g/mol. The van der Waals surface area contributed by atoms with Gasteiger partial charge in [0.1, 0.15) is 11.5 Å². The number of pyridine rings is 2. The molecule has 0 unspecified atom stereocenters. The van der Waals surface area contributed by atoms with Crippen molar-refractivity contribution in [2.45, 2.75) is 46.2 Å². The predicted molar refractivity (Wildman–Crippen MR) is 101 cm³/mol. The highest BCUT2D eigenvalue weighted by Gasteiger charge is 2.28. The quantitative estimate of drug-likeness (QED) is 0.558. The van der Waals surface area contributed by atoms with E-state index in [9.17, 15) is 30.0 Å². The molecule has 4 N–H and O–H groups in total. The van der Waals surface area contributed by atoms with Crippen molar-refractivity contribution in [2.24, 2.45) is 0 Å². The molecule has 2 aromatic rings. The van der Waals surface area contributed by atoms with Crippen LogP contribution >= 0.6 is 0 Å². The molecule has 0 aliphatic rings. The number of hydrogen-bond donors (Lipinski definition) is 4. The molecule has 2 rings (SSSR count). The van der Waals surface area contributed by atoms with Crippen molar-refractivity contribution in [1.82, 2.24) is 9.13 Å². The third-order valence-electron chi connectivity index (χ3n) is 4.80. The van der Waals surface area contributed by atoms with Gasteiger partial charge in [0.2, 0.25) is 0 Å². The summed E-state index contributed by atoms with van der Waals surface area (Å²) < 4.78 is 2.66. The van der Waals surface area contributed by atoms with Gasteiger partial charge in [-0.3, -0.25) is 9.59 Å². The van der Waals surface area contributed by atoms with Gasteiger partial charge >= 0.3 is 0 Å². The average Bonchev–Trinajstić information content (AvgIpc) is 2.60. The zero-order chi connectivity index (χ0) is 20.3. The lowest BCUT2D eigenvalue weighted by atomic mass is 9.88. The summed E-state index contributed by atoms with van der Waals surface area (Å²) in [6, 6.07) is 2.82. The number of aromatic hydroxyl groups is 2. The fourth-order valence-corrected chi connectivity index (χ4v) is 3.50. The number of aliphatic hydroxyl groups is 2. The molecule has 8 nitrogen and oxygen atoms in total. The Morgan fingerprint density at radius 1 is 0.852 bits per heavy atom. The van der Waals surface area contributed by atoms with Crippen LogP contribution in [0.25, 0.3) is 0 Å². The lowest BCUT2D eigenvalue weighted by Crippen LogP contribution is -2.33. The molecule has 148 valence electrons. The van der Waals surface area contributed by atoms with Gasteiger partial charge in [-0.1, -0.05) is 6.92 Å². The molecule has 0 spiro atoms. The van der Waals surface area contributed by atoms with Gasteiger partial charge in [-0.15, -0.1) is 0 Å². The van der Waals surface area contributed by atoms with Gasteiger partial charge in [0.15, 0.2) is 0 Å². The van der Waals surface area contributed by atoms with E-state index in [1.165, 1.54) is 21.3 Å². The number of aryl methyl sites for hydroxylation is 2. The summed E-state index contributed by atoms with van der Waals surface area (Å²) in [6.07, 6.45) is 0.288. The first-order valence-electron chi connectivity index (χ1n) is 8.86. The molecule has 0 fully saturated rings. The van der Waals surface area contributed by atoms with Gasteiger partial charge in [-0.25, -0.2) is 0 Å². The molecule has 0 aliphatic heterocycles. The Morgan fingerprint density at radius 2 is 1.22 bits per heavy atom. The Balaban J connectivity index is 2.80. The van der Waals surface area contributed by atoms with Crippen LogP contribution in [0.4, 0.5) is 0 Å². The standard InChI is InChI=1S/C19H26N2O6/c1-4-13(16-14(24)9-11(2)20(5-7-22)18(16)26)17-15(25)10-12(3)21(6-8-23)19(17)27/h9-10,13,22-25H,4-8H2,1-3H3. The van der Waals surface area contributed by atoms with E-state index >= 15 is 0 Å². The van der Waals surface area contributed by atoms with Gasteiger partial charge < -0.3 is 29.6 Å². The average molecular weight is 378 g/mol. The first kappa shape index (κ1) is 20.7. The Morgan fingerprint density at radius 3 is 1.52 bits per heavy atom. The molecule has 8 heteroatoms. The van der Waals surface area contributed by atoms with Crippen LogP contribution in [-0.4, -0.2) is 42.8 Å². The summed E-state index contributed by atoms with van der Waals surface area (Å²) in [5.74, 6) is -1.35. The second-order valence-corrected chi connectivity index (χ2v) is 6.49. The van der Waals surface area contributed by atoms with E-state index in [0.29, 0.717) is 11.4 Å². The van der Waals surface area contributed by atoms with Crippen LogP contribution in [0, 0.1) is 13.8 Å². The van der Waals surface area contributed by atoms with Gasteiger partial charge in [0, 0.05) is 30.4 Å². The second kappa shape index (κ2) is 8.41. The Kier molecular flexibility index (Phi) is 6.45. The van der Waals surface area contributed by atoms with E-state index in [0.717, 1.165) is 0 Å². The minimum absolute atomic E-state index is 0.00310. The summed E-state index contributed by atoms with van der Waals surface area (Å²) in [6.45, 7) is 4.64. The lowest BCUT2D eigenvalue weighted by molar-refractivity contribution is 0.271. The van der Waals surface area contributed by atoms with Crippen molar-refractivity contribution < 1.29 is 20.4 Å². The lowest BCUT2D eigenvalue weighted by Gasteiger charge is -2.21. The maximum atomic E-state index is 12.9. The Hall–Kier alpha value is -2.58. The van der Waals surface area contributed by atoms with E-state index in [4.69, 9.17) is 0 Å². The molecule has 0 bridgehead atoms. The highest BCUT2D eigenvalue weighted by atomic mass is 16.3. The second-order valence-electron chi connectivity index (χ2n) is 6.49. The number of nitrogens with zero attached hydrogens (tertiary/aromatic N) is 2. The summed E-state index contributed by atoms with van der Waals surface area (Å²) in [5, 5.41) is 39.3. The fraction of sp³-hybridized carbons (Fsp3) is 0.474. The van der Waals surface area contributed by atoms with Crippen molar-refractivity contribution in [2.75, 3.05) is 13.2 Å². The highest BCUT2D eigenvalue weighted by Crippen LogP contribution is 2.34. The molecule has 0 saturated heterocycles. The van der Waals surface area contributed by atoms with E-state index in [-0.39, 0.29) is 55.4 Å². The zero-order valence-corrected chi connectivity index (χ0v) is 15.8. The maximum absolute atomic E-state index is 12.9. The van der Waals surface area contributed by atoms with Crippen molar-refractivity contribution in [3.63, 3.8) is 0 Å². The van der Waals surface area contributed by atoms with Crippen LogP contribution in [0.2, 0.25) is 0 Å². The summed E-state index contributed by atoms with van der Waals surface area (Å²) in [4.78, 5) is 25.9. The number of aromatic nitrogens is 2. The van der Waals surface area contributed by atoms with Gasteiger partial charge in [0.05, 0.1) is 24.3 Å². The normalized spacial score (nSPS) is 11.3. The molecule has 0 atom stereocenters. The highest BCUT2D eigenvalue weighted by molar-refractivity contribution is 5.45. The minimum Gasteiger partial charge on any atom is -0.507 e. The number of rotatable bonds is 7. The first-order chi connectivity index (χ1) is 12.8. The van der Waals surface area contributed by atoms with Crippen LogP contribution in [0.5, 0.6) is 11.5 Å². The number of aliphatic hydroxyl groups excluding tert-OH is 2. The van der Waals surface area contributed by atoms with Crippen molar-refractivity contribution in [1.29, 1.82) is 0 Å². The topological polar surface area (TPSA) is 125 Å². The molecule has 27 heavy (non-hydrogen) atoms. The predicted octanol–water partition coefficient (Wildman–Crippen LogP) is 0.565. The van der Waals surface area contributed by atoms with Gasteiger partial charge in [-0.05, 0) is 32.4 Å². The molecule has 0 amide bonds. The molecule has 0 aliphatic carbocycles. The van der Waals surface area contributed by atoms with Crippen LogP contribution < -0.4 is 11.1 Å². The van der Waals surface area contributed by atoms with E-state index in [1.807, 2.05) is 0 Å². The SMILES string of the molecule is CCC(c1c(O)cc(C)n(CCO)c1=O)c1c(O)cc(C)n(CCO)c1=O. The van der Waals surface area contributed by atoms with Crippen molar-refractivity contribution in [3.8, 4) is 11.5 Å². The number of hydrogen-bond acceptors (Lipinski definition) is 6. The third kappa shape index (κ3) is 3.77. The largest absolute Gasteiger partial charge is 0.507 e. The first-order valence-corrected chi connectivity index (χ1v) is 8.86. The van der Waals surface area contributed by atoms with Crippen LogP contribution in [-0.2, 0) is 13.1 Å². The maximum Gasteiger partial charge on any atom is 0.258 e. The molecular weight excluding hydrogens is 352 g/mol. The molecule has 2 aromatic heterocycles. The van der Waals surface area contributed by atoms with E-state index in [2.05, 4.69) is 0 Å². The van der Waals surface area contributed by atoms with Crippen molar-refractivity contribution in [3.05, 3.63) is 55.4 Å². The molecule has 0 saturated carbocycles. The third-order valence-corrected chi connectivity index (χ3v) is 4.80. The zero-order valence-electron chi connectivity index (χ0n) is 15.8. The minimum atomic E-state index is -0.832. The molecule has 0 radical (unpaired) electrons. The van der Waals surface area contributed by atoms with Crippen LogP contribution in [0.3, 0.4) is 0 Å². The summed E-state index contributed by atoms with van der Waals surface area (Å²) in [7, 11) is 0. The van der Waals surface area contributed by atoms with Gasteiger partial charge in [-0.2, -0.15) is 0 Å². The van der Waals surface area contributed by atoms with E-state index < -0.39 is 17.0 Å². The molecule has 0 aromatic carbocycles. The summed E-state index contributed by atoms with van der Waals surface area (Å²) in [5.41, 5.74) is -0.0541. The van der Waals surface area contributed by atoms with Crippen LogP contribution in [0.1, 0.15) is 41.8 Å². The Bertz CT molecular complexity index is 869. The van der Waals surface area contributed by atoms with E-state index in [1.54, 1.807) is 20.8 Å². The van der Waals surface area contributed by atoms with Gasteiger partial charge in [0.25, 0.3) is 11.1 Å². The molecular formula is C19H26N2O6. The van der Waals surface area contributed by atoms with Crippen LogP contribution in [0.15, 0.2) is 21.7 Å². The fourth-order valence-electron chi connectivity index (χ4n) is 3.50. The van der Waals surface area contributed by atoms with Crippen molar-refractivity contribution >= 4 is 0 Å². The molecule has 2 heterocycles. The Labute approximate surface area is 156 Å². The summed E-state index contributed by atoms with van der Waals surface area (Å²) >= 11 is 0.